The van der Waals surface area contributed by atoms with Crippen molar-refractivity contribution in [3.63, 3.8) is 0 Å². The predicted molar refractivity (Wildman–Crippen MR) is 67.7 cm³/mol. The summed E-state index contributed by atoms with van der Waals surface area (Å²) in [5, 5.41) is 3.09. The average molecular weight is 238 g/mol. The number of amides is 1. The smallest absolute Gasteiger partial charge is 0.261 e. The molecule has 16 heavy (non-hydrogen) atoms. The first-order valence-electron chi connectivity index (χ1n) is 5.58. The highest BCUT2D eigenvalue weighted by Gasteiger charge is 2.39. The van der Waals surface area contributed by atoms with Gasteiger partial charge in [-0.1, -0.05) is 0 Å². The zero-order valence-corrected chi connectivity index (χ0v) is 10.8. The Kier molecular flexibility index (Phi) is 2.70. The van der Waals surface area contributed by atoms with Gasteiger partial charge in [0, 0.05) is 16.1 Å². The predicted octanol–water partition coefficient (Wildman–Crippen LogP) is 2.56. The Morgan fingerprint density at radius 1 is 1.56 bits per heavy atom. The first kappa shape index (κ1) is 11.5. The van der Waals surface area contributed by atoms with E-state index < -0.39 is 0 Å². The van der Waals surface area contributed by atoms with E-state index in [0.29, 0.717) is 16.5 Å². The average Bonchev–Trinajstić information content (AvgIpc) is 2.95. The molecule has 0 bridgehead atoms. The second-order valence-electron chi connectivity index (χ2n) is 5.07. The number of nitrogens with two attached hydrogens (primary N) is 1. The fraction of sp³-hybridized carbons (Fsp3) is 0.583. The number of carbonyl (C=O) groups is 1. The number of aryl methyl sites for hydroxylation is 1. The van der Waals surface area contributed by atoms with Crippen LogP contribution in [-0.2, 0) is 0 Å². The van der Waals surface area contributed by atoms with Gasteiger partial charge < -0.3 is 11.1 Å². The molecule has 1 amide bonds. The van der Waals surface area contributed by atoms with Crippen molar-refractivity contribution in [2.75, 3.05) is 5.73 Å². The zero-order valence-electron chi connectivity index (χ0n) is 9.96. The van der Waals surface area contributed by atoms with Crippen LogP contribution in [0.1, 0.15) is 41.2 Å². The molecular formula is C12H18N2OS. The highest BCUT2D eigenvalue weighted by molar-refractivity contribution is 7.14. The van der Waals surface area contributed by atoms with Gasteiger partial charge in [-0.3, -0.25) is 4.79 Å². The summed E-state index contributed by atoms with van der Waals surface area (Å²) in [6.07, 6.45) is 2.44. The minimum atomic E-state index is -0.0935. The molecule has 88 valence electrons. The van der Waals surface area contributed by atoms with E-state index in [-0.39, 0.29) is 11.4 Å². The van der Waals surface area contributed by atoms with Crippen molar-refractivity contribution in [2.24, 2.45) is 5.92 Å². The molecule has 1 heterocycles. The number of anilines is 1. The summed E-state index contributed by atoms with van der Waals surface area (Å²) in [4.78, 5) is 13.7. The molecule has 2 rings (SSSR count). The van der Waals surface area contributed by atoms with Crippen molar-refractivity contribution in [3.8, 4) is 0 Å². The molecule has 0 atom stereocenters. The van der Waals surface area contributed by atoms with Crippen LogP contribution < -0.4 is 11.1 Å². The van der Waals surface area contributed by atoms with E-state index in [0.717, 1.165) is 4.88 Å². The van der Waals surface area contributed by atoms with Gasteiger partial charge in [0.2, 0.25) is 0 Å². The van der Waals surface area contributed by atoms with Crippen LogP contribution in [0.3, 0.4) is 0 Å². The summed E-state index contributed by atoms with van der Waals surface area (Å²) in [7, 11) is 0. The van der Waals surface area contributed by atoms with Crippen molar-refractivity contribution in [1.82, 2.24) is 5.32 Å². The lowest BCUT2D eigenvalue weighted by Gasteiger charge is -2.25. The Morgan fingerprint density at radius 3 is 2.62 bits per heavy atom. The van der Waals surface area contributed by atoms with Crippen LogP contribution in [-0.4, -0.2) is 11.4 Å². The number of carbonyl (C=O) groups excluding carboxylic acids is 1. The van der Waals surface area contributed by atoms with Gasteiger partial charge in [0.15, 0.2) is 0 Å². The molecule has 1 aromatic heterocycles. The second kappa shape index (κ2) is 3.77. The number of hydrogen-bond acceptors (Lipinski definition) is 3. The molecule has 1 aliphatic carbocycles. The van der Waals surface area contributed by atoms with Gasteiger partial charge in [0.05, 0.1) is 4.88 Å². The third-order valence-corrected chi connectivity index (χ3v) is 4.28. The largest absolute Gasteiger partial charge is 0.398 e. The van der Waals surface area contributed by atoms with E-state index in [1.165, 1.54) is 24.2 Å². The molecule has 0 saturated heterocycles. The summed E-state index contributed by atoms with van der Waals surface area (Å²) in [6.45, 7) is 6.11. The Hall–Kier alpha value is -1.03. The molecule has 1 aromatic rings. The van der Waals surface area contributed by atoms with Crippen molar-refractivity contribution >= 4 is 22.9 Å². The maximum absolute atomic E-state index is 12.0. The molecule has 0 aliphatic heterocycles. The van der Waals surface area contributed by atoms with Crippen molar-refractivity contribution in [3.05, 3.63) is 15.8 Å². The Bertz CT molecular complexity index is 399. The summed E-state index contributed by atoms with van der Waals surface area (Å²) >= 11 is 1.46. The molecule has 4 heteroatoms. The SMILES string of the molecule is Cc1sc(C(=O)NC(C)(C)C2CC2)cc1N. The molecule has 0 spiro atoms. The molecule has 1 aliphatic rings. The third kappa shape index (κ3) is 2.21. The van der Waals surface area contributed by atoms with E-state index in [2.05, 4.69) is 19.2 Å². The molecule has 3 N–H and O–H groups in total. The molecule has 1 saturated carbocycles. The summed E-state index contributed by atoms with van der Waals surface area (Å²) < 4.78 is 0. The lowest BCUT2D eigenvalue weighted by Crippen LogP contribution is -2.44. The summed E-state index contributed by atoms with van der Waals surface area (Å²) in [5.74, 6) is 0.636. The van der Waals surface area contributed by atoms with Crippen LogP contribution >= 0.6 is 11.3 Å². The number of nitrogen functional groups attached to an aromatic ring is 1. The molecule has 3 nitrogen and oxygen atoms in total. The topological polar surface area (TPSA) is 55.1 Å². The molecule has 0 radical (unpaired) electrons. The number of rotatable bonds is 3. The Labute approximate surface area is 100 Å². The van der Waals surface area contributed by atoms with Crippen LogP contribution in [0.4, 0.5) is 5.69 Å². The Morgan fingerprint density at radius 2 is 2.19 bits per heavy atom. The second-order valence-corrected chi connectivity index (χ2v) is 6.33. The first-order chi connectivity index (χ1) is 7.40. The van der Waals surface area contributed by atoms with Gasteiger partial charge in [-0.2, -0.15) is 0 Å². The highest BCUT2D eigenvalue weighted by atomic mass is 32.1. The van der Waals surface area contributed by atoms with Crippen molar-refractivity contribution in [2.45, 2.75) is 39.2 Å². The minimum Gasteiger partial charge on any atom is -0.398 e. The highest BCUT2D eigenvalue weighted by Crippen LogP contribution is 2.39. The van der Waals surface area contributed by atoms with Gasteiger partial charge in [-0.05, 0) is 45.6 Å². The van der Waals surface area contributed by atoms with Crippen LogP contribution in [0.5, 0.6) is 0 Å². The standard InChI is InChI=1S/C12H18N2OS/c1-7-9(13)6-10(16-7)11(15)14-12(2,3)8-4-5-8/h6,8H,4-5,13H2,1-3H3,(H,14,15). The molecule has 0 unspecified atom stereocenters. The van der Waals surface area contributed by atoms with E-state index in [4.69, 9.17) is 5.73 Å². The van der Waals surface area contributed by atoms with Gasteiger partial charge in [-0.15, -0.1) is 11.3 Å². The zero-order chi connectivity index (χ0) is 11.9. The van der Waals surface area contributed by atoms with Crippen LogP contribution in [0.15, 0.2) is 6.07 Å². The van der Waals surface area contributed by atoms with Crippen LogP contribution in [0.25, 0.3) is 0 Å². The quantitative estimate of drug-likeness (QED) is 0.850. The van der Waals surface area contributed by atoms with E-state index in [1.54, 1.807) is 6.07 Å². The lowest BCUT2D eigenvalue weighted by molar-refractivity contribution is 0.0907. The van der Waals surface area contributed by atoms with E-state index in [1.807, 2.05) is 6.92 Å². The summed E-state index contributed by atoms with van der Waals surface area (Å²) in [5.41, 5.74) is 6.36. The maximum Gasteiger partial charge on any atom is 0.261 e. The number of nitrogens with one attached hydrogen (secondary N) is 1. The van der Waals surface area contributed by atoms with Gasteiger partial charge in [0.1, 0.15) is 0 Å². The minimum absolute atomic E-state index is 0.00157. The summed E-state index contributed by atoms with van der Waals surface area (Å²) in [6, 6.07) is 1.76. The van der Waals surface area contributed by atoms with E-state index in [9.17, 15) is 4.79 Å². The van der Waals surface area contributed by atoms with E-state index >= 15 is 0 Å². The fourth-order valence-corrected chi connectivity index (χ4v) is 2.71. The normalized spacial score (nSPS) is 16.2. The van der Waals surface area contributed by atoms with Gasteiger partial charge >= 0.3 is 0 Å². The monoisotopic (exact) mass is 238 g/mol. The lowest BCUT2D eigenvalue weighted by atomic mass is 9.99. The first-order valence-corrected chi connectivity index (χ1v) is 6.40. The number of thiophene rings is 1. The number of hydrogen-bond donors (Lipinski definition) is 2. The van der Waals surface area contributed by atoms with Gasteiger partial charge in [-0.25, -0.2) is 0 Å². The molecular weight excluding hydrogens is 220 g/mol. The van der Waals surface area contributed by atoms with Crippen molar-refractivity contribution < 1.29 is 4.79 Å². The van der Waals surface area contributed by atoms with Crippen LogP contribution in [0.2, 0.25) is 0 Å². The fourth-order valence-electron chi connectivity index (χ4n) is 1.87. The molecule has 0 aromatic carbocycles. The van der Waals surface area contributed by atoms with Crippen molar-refractivity contribution in [1.29, 1.82) is 0 Å². The Balaban J connectivity index is 2.08. The van der Waals surface area contributed by atoms with Gasteiger partial charge in [0.25, 0.3) is 5.91 Å². The third-order valence-electron chi connectivity index (χ3n) is 3.21. The van der Waals surface area contributed by atoms with Crippen LogP contribution in [0, 0.1) is 12.8 Å². The maximum atomic E-state index is 12.0. The molecule has 1 fully saturated rings.